The molecule has 2 aromatic carbocycles. The highest BCUT2D eigenvalue weighted by atomic mass is 19.3. The van der Waals surface area contributed by atoms with Gasteiger partial charge in [-0.05, 0) is 47.4 Å². The van der Waals surface area contributed by atoms with Crippen molar-refractivity contribution in [3.05, 3.63) is 59.7 Å². The lowest BCUT2D eigenvalue weighted by Crippen LogP contribution is -2.58. The number of ether oxygens (including phenoxy) is 1. The van der Waals surface area contributed by atoms with Crippen LogP contribution in [-0.4, -0.2) is 47.7 Å². The summed E-state index contributed by atoms with van der Waals surface area (Å²) in [5, 5.41) is 13.2. The van der Waals surface area contributed by atoms with Crippen molar-refractivity contribution in [3.63, 3.8) is 0 Å². The normalized spacial score (nSPS) is 16.5. The van der Waals surface area contributed by atoms with E-state index in [9.17, 15) is 14.4 Å². The van der Waals surface area contributed by atoms with E-state index in [1.165, 1.54) is 0 Å². The molecular formula is C26H28F2N2O5. The van der Waals surface area contributed by atoms with Gasteiger partial charge in [0.2, 0.25) is 0 Å². The van der Waals surface area contributed by atoms with E-state index in [0.717, 1.165) is 22.3 Å². The van der Waals surface area contributed by atoms with E-state index in [1.54, 1.807) is 6.92 Å². The second kappa shape index (κ2) is 10.0. The van der Waals surface area contributed by atoms with Gasteiger partial charge in [-0.3, -0.25) is 9.59 Å². The zero-order valence-electron chi connectivity index (χ0n) is 19.3. The van der Waals surface area contributed by atoms with Gasteiger partial charge < -0.3 is 20.5 Å². The Bertz CT molecular complexity index is 1070. The van der Waals surface area contributed by atoms with Gasteiger partial charge in [-0.25, -0.2) is 4.79 Å². The number of aliphatic carboxylic acids is 1. The van der Waals surface area contributed by atoms with Crippen LogP contribution in [0.4, 0.5) is 13.6 Å². The number of hydrogen-bond acceptors (Lipinski definition) is 4. The fourth-order valence-electron chi connectivity index (χ4n) is 4.63. The first-order valence-corrected chi connectivity index (χ1v) is 11.7. The molecule has 0 saturated heterocycles. The predicted octanol–water partition coefficient (Wildman–Crippen LogP) is 4.31. The molecule has 0 radical (unpaired) electrons. The maximum atomic E-state index is 15.1. The quantitative estimate of drug-likeness (QED) is 0.464. The van der Waals surface area contributed by atoms with Gasteiger partial charge in [0.15, 0.2) is 0 Å². The molecule has 0 heterocycles. The number of amides is 2. The minimum atomic E-state index is -3.92. The second-order valence-electron chi connectivity index (χ2n) is 9.08. The zero-order valence-corrected chi connectivity index (χ0v) is 19.3. The highest BCUT2D eigenvalue weighted by molar-refractivity contribution is 5.86. The number of carbonyl (C=O) groups is 3. The lowest BCUT2D eigenvalue weighted by molar-refractivity contribution is -0.152. The number of halogens is 2. The molecule has 1 unspecified atom stereocenters. The van der Waals surface area contributed by atoms with E-state index >= 15 is 8.78 Å². The Hall–Kier alpha value is -3.49. The Labute approximate surface area is 201 Å². The molecule has 0 bridgehead atoms. The first-order chi connectivity index (χ1) is 16.7. The van der Waals surface area contributed by atoms with Gasteiger partial charge in [-0.1, -0.05) is 55.5 Å². The van der Waals surface area contributed by atoms with Gasteiger partial charge in [0.25, 0.3) is 5.91 Å². The van der Waals surface area contributed by atoms with Crippen LogP contribution in [0.5, 0.6) is 0 Å². The zero-order chi connectivity index (χ0) is 25.2. The SMILES string of the molecule is CC[C@H](CC(=O)O)NC(=O)C(F)(F)C(NC(=O)OCC1c2ccccc2-c2ccccc21)C1CC1. The van der Waals surface area contributed by atoms with Crippen LogP contribution >= 0.6 is 0 Å². The van der Waals surface area contributed by atoms with Gasteiger partial charge in [0.05, 0.1) is 6.42 Å². The molecule has 2 amide bonds. The summed E-state index contributed by atoms with van der Waals surface area (Å²) in [6, 6.07) is 12.9. The van der Waals surface area contributed by atoms with E-state index in [-0.39, 0.29) is 18.9 Å². The highest BCUT2D eigenvalue weighted by Gasteiger charge is 2.54. The summed E-state index contributed by atoms with van der Waals surface area (Å²) in [7, 11) is 0. The van der Waals surface area contributed by atoms with Crippen LogP contribution in [0, 0.1) is 5.92 Å². The molecule has 0 spiro atoms. The molecule has 9 heteroatoms. The Morgan fingerprint density at radius 1 is 1.03 bits per heavy atom. The lowest BCUT2D eigenvalue weighted by Gasteiger charge is -2.28. The van der Waals surface area contributed by atoms with E-state index in [1.807, 2.05) is 48.5 Å². The average molecular weight is 487 g/mol. The van der Waals surface area contributed by atoms with Gasteiger partial charge in [-0.2, -0.15) is 8.78 Å². The van der Waals surface area contributed by atoms with Gasteiger partial charge >= 0.3 is 18.0 Å². The first-order valence-electron chi connectivity index (χ1n) is 11.7. The summed E-state index contributed by atoms with van der Waals surface area (Å²) in [6.07, 6.45) is -0.407. The number of carbonyl (C=O) groups excluding carboxylic acids is 2. The maximum Gasteiger partial charge on any atom is 0.407 e. The molecule has 1 fully saturated rings. The van der Waals surface area contributed by atoms with Crippen molar-refractivity contribution < 1.29 is 33.0 Å². The Morgan fingerprint density at radius 2 is 1.60 bits per heavy atom. The predicted molar refractivity (Wildman–Crippen MR) is 124 cm³/mol. The number of nitrogens with one attached hydrogen (secondary N) is 2. The lowest BCUT2D eigenvalue weighted by atomic mass is 9.98. The summed E-state index contributed by atoms with van der Waals surface area (Å²) >= 11 is 0. The van der Waals surface area contributed by atoms with E-state index in [2.05, 4.69) is 10.6 Å². The topological polar surface area (TPSA) is 105 Å². The number of benzene rings is 2. The molecule has 3 N–H and O–H groups in total. The Balaban J connectivity index is 1.42. The van der Waals surface area contributed by atoms with Crippen LogP contribution in [0.3, 0.4) is 0 Å². The number of carboxylic acids is 1. The number of rotatable bonds is 10. The van der Waals surface area contributed by atoms with Gasteiger partial charge in [0, 0.05) is 12.0 Å². The summed E-state index contributed by atoms with van der Waals surface area (Å²) < 4.78 is 35.5. The molecule has 7 nitrogen and oxygen atoms in total. The number of fused-ring (bicyclic) bond motifs is 3. The van der Waals surface area contributed by atoms with E-state index < -0.39 is 48.3 Å². The smallest absolute Gasteiger partial charge is 0.407 e. The third-order valence-corrected chi connectivity index (χ3v) is 6.65. The molecular weight excluding hydrogens is 458 g/mol. The van der Waals surface area contributed by atoms with Crippen molar-refractivity contribution in [1.29, 1.82) is 0 Å². The molecule has 2 atom stereocenters. The highest BCUT2D eigenvalue weighted by Crippen LogP contribution is 2.44. The van der Waals surface area contributed by atoms with Crippen molar-refractivity contribution in [1.82, 2.24) is 10.6 Å². The van der Waals surface area contributed by atoms with Gasteiger partial charge in [0.1, 0.15) is 12.6 Å². The van der Waals surface area contributed by atoms with Crippen LogP contribution in [0.15, 0.2) is 48.5 Å². The van der Waals surface area contributed by atoms with Gasteiger partial charge in [-0.15, -0.1) is 0 Å². The Morgan fingerprint density at radius 3 is 2.11 bits per heavy atom. The number of alkyl carbamates (subject to hydrolysis) is 1. The maximum absolute atomic E-state index is 15.1. The summed E-state index contributed by atoms with van der Waals surface area (Å²) in [6.45, 7) is 1.56. The molecule has 1 saturated carbocycles. The molecule has 4 rings (SSSR count). The average Bonchev–Trinajstić information content (AvgIpc) is 3.62. The molecule has 2 aliphatic carbocycles. The Kier molecular flexibility index (Phi) is 7.05. The molecule has 2 aromatic rings. The van der Waals surface area contributed by atoms with Crippen LogP contribution in [-0.2, 0) is 14.3 Å². The van der Waals surface area contributed by atoms with Crippen molar-refractivity contribution in [3.8, 4) is 11.1 Å². The fourth-order valence-corrected chi connectivity index (χ4v) is 4.63. The third kappa shape index (κ3) is 5.28. The first kappa shape index (κ1) is 24.6. The van der Waals surface area contributed by atoms with Crippen LogP contribution in [0.2, 0.25) is 0 Å². The summed E-state index contributed by atoms with van der Waals surface area (Å²) in [5.41, 5.74) is 4.08. The number of carboxylic acid groups (broad SMARTS) is 1. The fraction of sp³-hybridized carbons (Fsp3) is 0.423. The van der Waals surface area contributed by atoms with Crippen LogP contribution in [0.1, 0.15) is 49.7 Å². The minimum Gasteiger partial charge on any atom is -0.481 e. The monoisotopic (exact) mass is 486 g/mol. The third-order valence-electron chi connectivity index (χ3n) is 6.65. The number of alkyl halides is 2. The van der Waals surface area contributed by atoms with E-state index in [4.69, 9.17) is 9.84 Å². The van der Waals surface area contributed by atoms with Crippen LogP contribution in [0.25, 0.3) is 11.1 Å². The standard InChI is InChI=1S/C26H28F2N2O5/c1-2-16(13-22(31)32)29-24(33)26(27,28)23(15-11-12-15)30-25(34)35-14-21-19-9-5-3-7-17(19)18-8-4-6-10-20(18)21/h3-10,15-16,21,23H,2,11-14H2,1H3,(H,29,33)(H,30,34)(H,31,32)/t16-,23?/m1/s1. The van der Waals surface area contributed by atoms with Crippen molar-refractivity contribution in [2.75, 3.05) is 6.61 Å². The number of hydrogen-bond donors (Lipinski definition) is 3. The van der Waals surface area contributed by atoms with Crippen molar-refractivity contribution in [2.24, 2.45) is 5.92 Å². The minimum absolute atomic E-state index is 0.0362. The van der Waals surface area contributed by atoms with Crippen molar-refractivity contribution >= 4 is 18.0 Å². The largest absolute Gasteiger partial charge is 0.481 e. The molecule has 0 aromatic heterocycles. The second-order valence-corrected chi connectivity index (χ2v) is 9.08. The molecule has 186 valence electrons. The molecule has 0 aliphatic heterocycles. The molecule has 35 heavy (non-hydrogen) atoms. The van der Waals surface area contributed by atoms with Crippen molar-refractivity contribution in [2.45, 2.75) is 56.5 Å². The van der Waals surface area contributed by atoms with Crippen LogP contribution < -0.4 is 10.6 Å². The summed E-state index contributed by atoms with van der Waals surface area (Å²) in [5.74, 6) is -7.50. The molecule has 2 aliphatic rings. The summed E-state index contributed by atoms with van der Waals surface area (Å²) in [4.78, 5) is 35.9. The van der Waals surface area contributed by atoms with E-state index in [0.29, 0.717) is 12.8 Å².